The quantitative estimate of drug-likeness (QED) is 0.774. The van der Waals surface area contributed by atoms with Crippen LogP contribution in [0.2, 0.25) is 0 Å². The van der Waals surface area contributed by atoms with Crippen molar-refractivity contribution in [1.29, 1.82) is 0 Å². The van der Waals surface area contributed by atoms with Crippen LogP contribution in [0.3, 0.4) is 0 Å². The van der Waals surface area contributed by atoms with Crippen LogP contribution in [0.15, 0.2) is 40.9 Å². The van der Waals surface area contributed by atoms with Crippen molar-refractivity contribution >= 4 is 29.2 Å². The normalized spacial score (nSPS) is 23.6. The second kappa shape index (κ2) is 5.56. The van der Waals surface area contributed by atoms with Crippen LogP contribution >= 0.6 is 23.2 Å². The zero-order valence-electron chi connectivity index (χ0n) is 10.9. The predicted octanol–water partition coefficient (Wildman–Crippen LogP) is 4.32. The van der Waals surface area contributed by atoms with E-state index in [1.807, 2.05) is 44.2 Å². The lowest BCUT2D eigenvalue weighted by molar-refractivity contribution is -0.147. The molecule has 0 unspecified atom stereocenters. The number of allylic oxidation sites excluding steroid dienone is 1. The molecule has 102 valence electrons. The highest BCUT2D eigenvalue weighted by molar-refractivity contribution is 6.55. The Morgan fingerprint density at radius 2 is 1.95 bits per heavy atom. The Balaban J connectivity index is 1.93. The minimum atomic E-state index is -0.190. The van der Waals surface area contributed by atoms with Gasteiger partial charge in [0, 0.05) is 0 Å². The fourth-order valence-corrected chi connectivity index (χ4v) is 2.66. The van der Waals surface area contributed by atoms with E-state index in [0.29, 0.717) is 6.61 Å². The van der Waals surface area contributed by atoms with Gasteiger partial charge in [-0.2, -0.15) is 0 Å². The molecule has 0 aromatic heterocycles. The minimum Gasteiger partial charge on any atom is -0.461 e. The van der Waals surface area contributed by atoms with E-state index < -0.39 is 0 Å². The van der Waals surface area contributed by atoms with Crippen molar-refractivity contribution in [3.8, 4) is 0 Å². The molecular weight excluding hydrogens is 283 g/mol. The van der Waals surface area contributed by atoms with E-state index in [-0.39, 0.29) is 27.7 Å². The van der Waals surface area contributed by atoms with Crippen LogP contribution in [-0.2, 0) is 16.1 Å². The molecule has 0 radical (unpaired) electrons. The molecule has 2 rings (SSSR count). The molecule has 2 nitrogen and oxygen atoms in total. The van der Waals surface area contributed by atoms with E-state index in [1.165, 1.54) is 0 Å². The molecule has 0 spiro atoms. The molecule has 1 fully saturated rings. The maximum Gasteiger partial charge on any atom is 0.310 e. The van der Waals surface area contributed by atoms with Crippen LogP contribution < -0.4 is 0 Å². The summed E-state index contributed by atoms with van der Waals surface area (Å²) in [5.74, 6) is -0.297. The second-order valence-corrected chi connectivity index (χ2v) is 6.38. The maximum atomic E-state index is 12.0. The van der Waals surface area contributed by atoms with Crippen molar-refractivity contribution in [1.82, 2.24) is 0 Å². The van der Waals surface area contributed by atoms with Crippen molar-refractivity contribution in [3.05, 3.63) is 46.5 Å². The van der Waals surface area contributed by atoms with E-state index in [0.717, 1.165) is 5.56 Å². The number of esters is 1. The summed E-state index contributed by atoms with van der Waals surface area (Å²) < 4.78 is 5.55. The van der Waals surface area contributed by atoms with Crippen molar-refractivity contribution in [2.45, 2.75) is 20.5 Å². The highest BCUT2D eigenvalue weighted by atomic mass is 35.5. The Morgan fingerprint density at radius 1 is 1.32 bits per heavy atom. The molecule has 0 amide bonds. The van der Waals surface area contributed by atoms with E-state index in [4.69, 9.17) is 27.9 Å². The van der Waals surface area contributed by atoms with Gasteiger partial charge in [0.2, 0.25) is 0 Å². The smallest absolute Gasteiger partial charge is 0.310 e. The van der Waals surface area contributed by atoms with Gasteiger partial charge in [0.1, 0.15) is 11.1 Å². The van der Waals surface area contributed by atoms with Crippen molar-refractivity contribution in [3.63, 3.8) is 0 Å². The lowest BCUT2D eigenvalue weighted by Crippen LogP contribution is -2.10. The highest BCUT2D eigenvalue weighted by Crippen LogP contribution is 2.60. The molecule has 19 heavy (non-hydrogen) atoms. The number of rotatable bonds is 4. The van der Waals surface area contributed by atoms with Crippen LogP contribution in [-0.4, -0.2) is 5.97 Å². The number of ether oxygens (including phenoxy) is 1. The van der Waals surface area contributed by atoms with Crippen molar-refractivity contribution in [2.24, 2.45) is 17.3 Å². The number of carbonyl (C=O) groups excluding carboxylic acids is 1. The molecule has 1 aliphatic carbocycles. The fraction of sp³-hybridized carbons (Fsp3) is 0.400. The maximum absolute atomic E-state index is 12.0. The van der Waals surface area contributed by atoms with Gasteiger partial charge in [-0.05, 0) is 23.0 Å². The van der Waals surface area contributed by atoms with Gasteiger partial charge < -0.3 is 4.74 Å². The first-order chi connectivity index (χ1) is 8.93. The third-order valence-electron chi connectivity index (χ3n) is 3.69. The van der Waals surface area contributed by atoms with Gasteiger partial charge in [0.15, 0.2) is 0 Å². The standard InChI is InChI=1S/C15H16Cl2O2/c1-15(2)11(8-12(16)17)13(15)14(18)19-9-10-6-4-3-5-7-10/h3-8,11,13H,9H2,1-2H3/t11-,13-/m0/s1. The summed E-state index contributed by atoms with van der Waals surface area (Å²) in [6.45, 7) is 4.33. The highest BCUT2D eigenvalue weighted by Gasteiger charge is 2.61. The molecule has 0 N–H and O–H groups in total. The van der Waals surface area contributed by atoms with E-state index in [2.05, 4.69) is 0 Å². The summed E-state index contributed by atoms with van der Waals surface area (Å²) in [5.41, 5.74) is 0.847. The average molecular weight is 299 g/mol. The molecule has 0 aliphatic heterocycles. The van der Waals surface area contributed by atoms with E-state index >= 15 is 0 Å². The Morgan fingerprint density at radius 3 is 2.53 bits per heavy atom. The first-order valence-corrected chi connectivity index (χ1v) is 6.92. The van der Waals surface area contributed by atoms with Gasteiger partial charge in [-0.15, -0.1) is 0 Å². The molecule has 0 heterocycles. The lowest BCUT2D eigenvalue weighted by atomic mass is 10.1. The third kappa shape index (κ3) is 3.31. The van der Waals surface area contributed by atoms with Gasteiger partial charge >= 0.3 is 5.97 Å². The molecule has 2 atom stereocenters. The van der Waals surface area contributed by atoms with Gasteiger partial charge in [0.25, 0.3) is 0 Å². The Kier molecular flexibility index (Phi) is 4.22. The molecule has 0 bridgehead atoms. The van der Waals surface area contributed by atoms with Crippen LogP contribution in [0, 0.1) is 17.3 Å². The summed E-state index contributed by atoms with van der Waals surface area (Å²) in [7, 11) is 0. The zero-order valence-corrected chi connectivity index (χ0v) is 12.4. The number of halogens is 2. The van der Waals surface area contributed by atoms with E-state index in [1.54, 1.807) is 6.08 Å². The number of hydrogen-bond donors (Lipinski definition) is 0. The van der Waals surface area contributed by atoms with Gasteiger partial charge in [-0.1, -0.05) is 67.4 Å². The van der Waals surface area contributed by atoms with Gasteiger partial charge in [0.05, 0.1) is 5.92 Å². The zero-order chi connectivity index (χ0) is 14.0. The van der Waals surface area contributed by atoms with Crippen LogP contribution in [0.5, 0.6) is 0 Å². The topological polar surface area (TPSA) is 26.3 Å². The molecule has 1 aromatic rings. The Labute approximate surface area is 123 Å². The van der Waals surface area contributed by atoms with Crippen LogP contribution in [0.1, 0.15) is 19.4 Å². The molecule has 4 heteroatoms. The first kappa shape index (κ1) is 14.4. The van der Waals surface area contributed by atoms with Gasteiger partial charge in [-0.25, -0.2) is 0 Å². The van der Waals surface area contributed by atoms with Crippen LogP contribution in [0.25, 0.3) is 0 Å². The summed E-state index contributed by atoms with van der Waals surface area (Å²) in [6.07, 6.45) is 1.72. The number of hydrogen-bond acceptors (Lipinski definition) is 2. The molecule has 0 saturated heterocycles. The summed E-state index contributed by atoms with van der Waals surface area (Å²) in [4.78, 5) is 12.0. The van der Waals surface area contributed by atoms with E-state index in [9.17, 15) is 4.79 Å². The average Bonchev–Trinajstić information content (AvgIpc) is 2.88. The first-order valence-electron chi connectivity index (χ1n) is 6.16. The second-order valence-electron chi connectivity index (χ2n) is 5.37. The van der Waals surface area contributed by atoms with Crippen molar-refractivity contribution < 1.29 is 9.53 Å². The Hall–Kier alpha value is -0.990. The Bertz CT molecular complexity index is 490. The van der Waals surface area contributed by atoms with Gasteiger partial charge in [-0.3, -0.25) is 4.79 Å². The fourth-order valence-electron chi connectivity index (χ4n) is 2.39. The summed E-state index contributed by atoms with van der Waals surface area (Å²) in [6, 6.07) is 9.63. The monoisotopic (exact) mass is 298 g/mol. The molecule has 1 aromatic carbocycles. The SMILES string of the molecule is CC1(C)[C@H](C(=O)OCc2ccccc2)[C@@H]1C=C(Cl)Cl. The largest absolute Gasteiger partial charge is 0.461 e. The molecular formula is C15H16Cl2O2. The lowest BCUT2D eigenvalue weighted by Gasteiger charge is -2.05. The molecule has 1 aliphatic rings. The van der Waals surface area contributed by atoms with Crippen LogP contribution in [0.4, 0.5) is 0 Å². The third-order valence-corrected chi connectivity index (χ3v) is 3.95. The summed E-state index contributed by atoms with van der Waals surface area (Å²) in [5, 5.41) is 0. The number of benzene rings is 1. The summed E-state index contributed by atoms with van der Waals surface area (Å²) >= 11 is 11.3. The molecule has 1 saturated carbocycles. The predicted molar refractivity (Wildman–Crippen MR) is 76.8 cm³/mol. The minimum absolute atomic E-state index is 0.0563. The number of carbonyl (C=O) groups is 1. The van der Waals surface area contributed by atoms with Crippen molar-refractivity contribution in [2.75, 3.05) is 0 Å².